The molecule has 10 nitrogen and oxygen atoms in total. The highest BCUT2D eigenvalue weighted by molar-refractivity contribution is 7.17. The van der Waals surface area contributed by atoms with E-state index in [9.17, 15) is 29.8 Å². The molecule has 1 heterocycles. The second-order valence-corrected chi connectivity index (χ2v) is 7.22. The highest BCUT2D eigenvalue weighted by Gasteiger charge is 2.28. The van der Waals surface area contributed by atoms with Crippen LogP contribution >= 0.6 is 11.3 Å². The number of esters is 1. The van der Waals surface area contributed by atoms with Gasteiger partial charge >= 0.3 is 5.97 Å². The molecular weight excluding hydrogens is 390 g/mol. The summed E-state index contributed by atoms with van der Waals surface area (Å²) in [7, 11) is 1.24. The smallest absolute Gasteiger partial charge is 0.341 e. The second-order valence-electron chi connectivity index (χ2n) is 6.11. The minimum Gasteiger partial charge on any atom is -0.465 e. The normalized spacial score (nSPS) is 12.8. The van der Waals surface area contributed by atoms with Crippen molar-refractivity contribution in [3.05, 3.63) is 60.0 Å². The zero-order valence-electron chi connectivity index (χ0n) is 14.7. The van der Waals surface area contributed by atoms with Crippen molar-refractivity contribution in [2.45, 2.75) is 25.7 Å². The number of hydrogen-bond acceptors (Lipinski definition) is 8. The second kappa shape index (κ2) is 7.72. The molecule has 2 aromatic rings. The van der Waals surface area contributed by atoms with Gasteiger partial charge in [-0.2, -0.15) is 0 Å². The Balaban J connectivity index is 2.00. The van der Waals surface area contributed by atoms with Gasteiger partial charge in [0.15, 0.2) is 0 Å². The molecule has 28 heavy (non-hydrogen) atoms. The van der Waals surface area contributed by atoms with E-state index in [1.807, 2.05) is 0 Å². The maximum Gasteiger partial charge on any atom is 0.341 e. The van der Waals surface area contributed by atoms with Crippen LogP contribution in [0.15, 0.2) is 18.2 Å². The van der Waals surface area contributed by atoms with Crippen molar-refractivity contribution in [1.29, 1.82) is 0 Å². The molecule has 0 spiro atoms. The largest absolute Gasteiger partial charge is 0.465 e. The molecule has 1 aromatic heterocycles. The van der Waals surface area contributed by atoms with Crippen molar-refractivity contribution in [1.82, 2.24) is 0 Å². The first-order chi connectivity index (χ1) is 13.3. The summed E-state index contributed by atoms with van der Waals surface area (Å²) in [5.41, 5.74) is -0.280. The Morgan fingerprint density at radius 2 is 1.68 bits per heavy atom. The molecule has 1 amide bonds. The summed E-state index contributed by atoms with van der Waals surface area (Å²) in [5, 5.41) is 24.9. The fourth-order valence-electron chi connectivity index (χ4n) is 3.08. The Morgan fingerprint density at radius 1 is 1.07 bits per heavy atom. The lowest BCUT2D eigenvalue weighted by Gasteiger charge is -2.11. The number of ether oxygens (including phenoxy) is 1. The van der Waals surface area contributed by atoms with E-state index < -0.39 is 33.1 Å². The molecule has 0 atom stereocenters. The number of nitro groups is 2. The van der Waals surface area contributed by atoms with Crippen LogP contribution < -0.4 is 5.32 Å². The molecule has 0 radical (unpaired) electrons. The number of aryl methyl sites for hydroxylation is 1. The van der Waals surface area contributed by atoms with E-state index in [-0.39, 0.29) is 16.1 Å². The van der Waals surface area contributed by atoms with E-state index >= 15 is 0 Å². The van der Waals surface area contributed by atoms with Crippen LogP contribution in [0.4, 0.5) is 16.4 Å². The quantitative estimate of drug-likeness (QED) is 0.456. The number of carbonyl (C=O) groups is 2. The van der Waals surface area contributed by atoms with Gasteiger partial charge < -0.3 is 10.1 Å². The van der Waals surface area contributed by atoms with Crippen molar-refractivity contribution >= 4 is 39.6 Å². The molecule has 1 aromatic carbocycles. The van der Waals surface area contributed by atoms with Crippen LogP contribution in [-0.4, -0.2) is 28.8 Å². The van der Waals surface area contributed by atoms with Gasteiger partial charge in [0.1, 0.15) is 5.00 Å². The third kappa shape index (κ3) is 3.69. The Hall–Kier alpha value is -3.34. The summed E-state index contributed by atoms with van der Waals surface area (Å²) >= 11 is 1.25. The number of nitrogens with one attached hydrogen (secondary N) is 1. The molecule has 1 N–H and O–H groups in total. The molecule has 0 bridgehead atoms. The number of amides is 1. The standard InChI is InChI=1S/C17H15N3O7S/c1-27-17(22)14-12-4-2-3-5-13(12)28-16(14)18-15(21)9-6-10(19(23)24)8-11(7-9)20(25)26/h6-8H,2-5H2,1H3,(H,18,21). The molecule has 0 saturated heterocycles. The summed E-state index contributed by atoms with van der Waals surface area (Å²) in [5.74, 6) is -1.37. The number of anilines is 1. The van der Waals surface area contributed by atoms with Crippen LogP contribution in [-0.2, 0) is 17.6 Å². The predicted octanol–water partition coefficient (Wildman–Crippen LogP) is 3.48. The summed E-state index contributed by atoms with van der Waals surface area (Å²) in [6.07, 6.45) is 3.35. The molecule has 0 fully saturated rings. The van der Waals surface area contributed by atoms with Gasteiger partial charge in [-0.1, -0.05) is 0 Å². The molecule has 3 rings (SSSR count). The van der Waals surface area contributed by atoms with Crippen molar-refractivity contribution in [3.8, 4) is 0 Å². The number of nitro benzene ring substituents is 2. The minimum absolute atomic E-state index is 0.247. The first-order valence-electron chi connectivity index (χ1n) is 8.30. The highest BCUT2D eigenvalue weighted by atomic mass is 32.1. The van der Waals surface area contributed by atoms with E-state index in [1.165, 1.54) is 18.4 Å². The third-order valence-electron chi connectivity index (χ3n) is 4.37. The number of non-ortho nitro benzene ring substituents is 2. The van der Waals surface area contributed by atoms with Gasteiger partial charge in [-0.15, -0.1) is 11.3 Å². The van der Waals surface area contributed by atoms with Crippen LogP contribution in [0.25, 0.3) is 0 Å². The van der Waals surface area contributed by atoms with Gasteiger partial charge in [-0.3, -0.25) is 25.0 Å². The molecule has 0 saturated carbocycles. The molecule has 0 unspecified atom stereocenters. The topological polar surface area (TPSA) is 142 Å². The van der Waals surface area contributed by atoms with E-state index in [4.69, 9.17) is 4.74 Å². The van der Waals surface area contributed by atoms with Crippen LogP contribution in [0.5, 0.6) is 0 Å². The molecular formula is C17H15N3O7S. The number of rotatable bonds is 5. The van der Waals surface area contributed by atoms with Gasteiger partial charge in [0.05, 0.1) is 34.1 Å². The number of nitrogens with zero attached hydrogens (tertiary/aromatic N) is 2. The van der Waals surface area contributed by atoms with E-state index in [1.54, 1.807) is 0 Å². The van der Waals surface area contributed by atoms with E-state index in [2.05, 4.69) is 5.32 Å². The van der Waals surface area contributed by atoms with Gasteiger partial charge in [0.2, 0.25) is 0 Å². The van der Waals surface area contributed by atoms with Crippen molar-refractivity contribution in [3.63, 3.8) is 0 Å². The van der Waals surface area contributed by atoms with Gasteiger partial charge in [-0.05, 0) is 31.2 Å². The molecule has 1 aliphatic rings. The predicted molar refractivity (Wildman–Crippen MR) is 100 cm³/mol. The number of benzene rings is 1. The minimum atomic E-state index is -0.812. The van der Waals surface area contributed by atoms with Crippen LogP contribution in [0.2, 0.25) is 0 Å². The molecule has 1 aliphatic carbocycles. The number of hydrogen-bond donors (Lipinski definition) is 1. The SMILES string of the molecule is COC(=O)c1c(NC(=O)c2cc([N+](=O)[O-])cc([N+](=O)[O-])c2)sc2c1CCCC2. The maximum absolute atomic E-state index is 12.6. The van der Waals surface area contributed by atoms with Crippen LogP contribution in [0.3, 0.4) is 0 Å². The lowest BCUT2D eigenvalue weighted by Crippen LogP contribution is -2.15. The highest BCUT2D eigenvalue weighted by Crippen LogP contribution is 2.39. The van der Waals surface area contributed by atoms with Gasteiger partial charge in [-0.25, -0.2) is 4.79 Å². The summed E-state index contributed by atoms with van der Waals surface area (Å²) < 4.78 is 4.83. The monoisotopic (exact) mass is 405 g/mol. The summed E-state index contributed by atoms with van der Waals surface area (Å²) in [6.45, 7) is 0. The zero-order chi connectivity index (χ0) is 20.4. The lowest BCUT2D eigenvalue weighted by molar-refractivity contribution is -0.394. The van der Waals surface area contributed by atoms with Gasteiger partial charge in [0.25, 0.3) is 17.3 Å². The first-order valence-corrected chi connectivity index (χ1v) is 9.11. The van der Waals surface area contributed by atoms with Crippen LogP contribution in [0, 0.1) is 20.2 Å². The van der Waals surface area contributed by atoms with Crippen molar-refractivity contribution in [2.75, 3.05) is 12.4 Å². The van der Waals surface area contributed by atoms with Gasteiger partial charge in [0, 0.05) is 17.0 Å². The fourth-order valence-corrected chi connectivity index (χ4v) is 4.36. The van der Waals surface area contributed by atoms with Crippen LogP contribution in [0.1, 0.15) is 44.0 Å². The van der Waals surface area contributed by atoms with Crippen molar-refractivity contribution < 1.29 is 24.2 Å². The zero-order valence-corrected chi connectivity index (χ0v) is 15.5. The molecule has 0 aliphatic heterocycles. The lowest BCUT2D eigenvalue weighted by atomic mass is 9.95. The third-order valence-corrected chi connectivity index (χ3v) is 5.58. The summed E-state index contributed by atoms with van der Waals surface area (Å²) in [6, 6.07) is 2.68. The Morgan fingerprint density at radius 3 is 2.25 bits per heavy atom. The fraction of sp³-hybridized carbons (Fsp3) is 0.294. The maximum atomic E-state index is 12.6. The molecule has 11 heteroatoms. The average molecular weight is 405 g/mol. The summed E-state index contributed by atoms with van der Waals surface area (Å²) in [4.78, 5) is 46.3. The Kier molecular flexibility index (Phi) is 5.36. The number of methoxy groups -OCH3 is 1. The molecule has 146 valence electrons. The van der Waals surface area contributed by atoms with E-state index in [0.29, 0.717) is 6.42 Å². The van der Waals surface area contributed by atoms with Crippen molar-refractivity contribution in [2.24, 2.45) is 0 Å². The van der Waals surface area contributed by atoms with E-state index in [0.717, 1.165) is 47.9 Å². The Bertz CT molecular complexity index is 967. The average Bonchev–Trinajstić information content (AvgIpc) is 3.04. The number of fused-ring (bicyclic) bond motifs is 1. The first kappa shape index (κ1) is 19.4. The number of thiophene rings is 1. The number of carbonyl (C=O) groups excluding carboxylic acids is 2. The Labute approximate surface area is 162 Å².